The summed E-state index contributed by atoms with van der Waals surface area (Å²) >= 11 is 0. The summed E-state index contributed by atoms with van der Waals surface area (Å²) in [7, 11) is -4.67. The molecule has 6 N–H and O–H groups in total. The van der Waals surface area contributed by atoms with Crippen molar-refractivity contribution in [2.24, 2.45) is 0 Å². The van der Waals surface area contributed by atoms with Crippen LogP contribution in [0.25, 0.3) is 0 Å². The first-order chi connectivity index (χ1) is 11.2. The molecular weight excluding hydrogens is 418 g/mol. The van der Waals surface area contributed by atoms with E-state index in [4.69, 9.17) is 37.9 Å². The van der Waals surface area contributed by atoms with Crippen molar-refractivity contribution < 1.29 is 57.1 Å². The first-order valence-electron chi connectivity index (χ1n) is 6.22. The van der Waals surface area contributed by atoms with Crippen molar-refractivity contribution in [1.29, 1.82) is 0 Å². The van der Waals surface area contributed by atoms with Crippen molar-refractivity contribution in [1.82, 2.24) is 9.80 Å². The fourth-order valence-corrected chi connectivity index (χ4v) is 1.48. The fraction of sp³-hybridized carbons (Fsp3) is 0.600. The van der Waals surface area contributed by atoms with Crippen LogP contribution in [0.3, 0.4) is 0 Å². The standard InChI is InChI=1S/C10H16N2O8.2Na.H2O4S.2H/c13-7(14)3-11(4-8(15)16)1-2-12(5-9(17)18)6-10(19)20;;;1-5(2,3)4;;/h1-6H2,(H,13,14)(H,15,16)(H,17,18)(H,19,20);;;(H2,1,2,3,4);;. The zero-order valence-corrected chi connectivity index (χ0v) is 13.5. The first-order valence-corrected chi connectivity index (χ1v) is 7.62. The van der Waals surface area contributed by atoms with Crippen LogP contribution in [0.5, 0.6) is 0 Å². The third-order valence-electron chi connectivity index (χ3n) is 2.17. The van der Waals surface area contributed by atoms with Gasteiger partial charge in [0, 0.05) is 13.1 Å². The molecule has 17 heteroatoms. The second-order valence-corrected chi connectivity index (χ2v) is 5.34. The Kier molecular flexibility index (Phi) is 22.5. The van der Waals surface area contributed by atoms with Gasteiger partial charge >= 0.3 is 93.4 Å². The van der Waals surface area contributed by atoms with Gasteiger partial charge in [-0.15, -0.1) is 0 Å². The average Bonchev–Trinajstić information content (AvgIpc) is 2.30. The number of hydrogen-bond donors (Lipinski definition) is 6. The number of carboxylic acids is 4. The third-order valence-corrected chi connectivity index (χ3v) is 2.17. The molecule has 150 valence electrons. The molecule has 0 heterocycles. The molecule has 0 rings (SSSR count). The third kappa shape index (κ3) is 33.7. The Labute approximate surface area is 198 Å². The van der Waals surface area contributed by atoms with E-state index in [2.05, 4.69) is 0 Å². The summed E-state index contributed by atoms with van der Waals surface area (Å²) in [5.41, 5.74) is 0. The van der Waals surface area contributed by atoms with Gasteiger partial charge in [0.25, 0.3) is 0 Å². The van der Waals surface area contributed by atoms with Gasteiger partial charge in [-0.05, 0) is 0 Å². The van der Waals surface area contributed by atoms with Gasteiger partial charge in [-0.2, -0.15) is 8.42 Å². The van der Waals surface area contributed by atoms with Gasteiger partial charge in [-0.3, -0.25) is 38.1 Å². The van der Waals surface area contributed by atoms with E-state index in [1.807, 2.05) is 0 Å². The molecule has 0 spiro atoms. The molecule has 0 saturated carbocycles. The monoisotopic (exact) mass is 438 g/mol. The molecule has 0 aromatic rings. The zero-order valence-electron chi connectivity index (χ0n) is 12.7. The number of carbonyl (C=O) groups is 4. The fourth-order valence-electron chi connectivity index (χ4n) is 1.48. The van der Waals surface area contributed by atoms with Crippen LogP contribution in [0.1, 0.15) is 0 Å². The van der Waals surface area contributed by atoms with E-state index in [1.165, 1.54) is 0 Å². The summed E-state index contributed by atoms with van der Waals surface area (Å²) in [5.74, 6) is -4.91. The summed E-state index contributed by atoms with van der Waals surface area (Å²) in [5, 5.41) is 34.5. The molecule has 0 aromatic heterocycles. The van der Waals surface area contributed by atoms with E-state index < -0.39 is 60.5 Å². The summed E-state index contributed by atoms with van der Waals surface area (Å²) in [6.45, 7) is -2.25. The topological polar surface area (TPSA) is 230 Å². The number of nitrogens with zero attached hydrogens (tertiary/aromatic N) is 2. The molecule has 0 radical (unpaired) electrons. The summed E-state index contributed by atoms with van der Waals surface area (Å²) < 4.78 is 31.6. The van der Waals surface area contributed by atoms with Crippen LogP contribution < -0.4 is 0 Å². The van der Waals surface area contributed by atoms with Crippen molar-refractivity contribution >= 4 is 93.4 Å². The number of aliphatic carboxylic acids is 4. The molecule has 27 heavy (non-hydrogen) atoms. The van der Waals surface area contributed by atoms with Crippen molar-refractivity contribution in [2.45, 2.75) is 0 Å². The van der Waals surface area contributed by atoms with Crippen LogP contribution in [0.2, 0.25) is 0 Å². The SMILES string of the molecule is O=C(O)CN(CCN(CC(=O)O)CC(=O)O)CC(=O)O.O=S(=O)(O)O.[NaH].[NaH]. The Morgan fingerprint density at radius 2 is 0.741 bits per heavy atom. The predicted molar refractivity (Wildman–Crippen MR) is 91.9 cm³/mol. The summed E-state index contributed by atoms with van der Waals surface area (Å²) in [6.07, 6.45) is 0. The molecule has 0 aliphatic carbocycles. The summed E-state index contributed by atoms with van der Waals surface area (Å²) in [6, 6.07) is 0. The molecule has 0 amide bonds. The van der Waals surface area contributed by atoms with Gasteiger partial charge in [-0.25, -0.2) is 0 Å². The van der Waals surface area contributed by atoms with Gasteiger partial charge in [0.15, 0.2) is 0 Å². The van der Waals surface area contributed by atoms with Crippen LogP contribution in [0.15, 0.2) is 0 Å². The Bertz CT molecular complexity index is 509. The molecule has 0 aliphatic rings. The van der Waals surface area contributed by atoms with E-state index >= 15 is 0 Å². The minimum atomic E-state index is -4.67. The van der Waals surface area contributed by atoms with Crippen LogP contribution in [-0.2, 0) is 29.6 Å². The predicted octanol–water partition coefficient (Wildman–Crippen LogP) is -4.02. The molecule has 0 atom stereocenters. The van der Waals surface area contributed by atoms with Crippen LogP contribution >= 0.6 is 0 Å². The quantitative estimate of drug-likeness (QED) is 0.133. The molecule has 0 aliphatic heterocycles. The van der Waals surface area contributed by atoms with E-state index in [0.29, 0.717) is 0 Å². The van der Waals surface area contributed by atoms with Gasteiger partial charge in [-0.1, -0.05) is 0 Å². The van der Waals surface area contributed by atoms with Crippen molar-refractivity contribution in [3.63, 3.8) is 0 Å². The molecule has 0 aromatic carbocycles. The maximum absolute atomic E-state index is 10.6. The van der Waals surface area contributed by atoms with Gasteiger partial charge in [0.2, 0.25) is 0 Å². The van der Waals surface area contributed by atoms with Gasteiger partial charge < -0.3 is 20.4 Å². The Morgan fingerprint density at radius 1 is 0.593 bits per heavy atom. The molecule has 0 saturated heterocycles. The molecular formula is C10H20N2Na2O12S. The van der Waals surface area contributed by atoms with Crippen LogP contribution in [0, 0.1) is 0 Å². The number of carboxylic acid groups (broad SMARTS) is 4. The number of rotatable bonds is 11. The maximum atomic E-state index is 10.6. The first kappa shape index (κ1) is 34.2. The molecule has 0 fully saturated rings. The van der Waals surface area contributed by atoms with Crippen molar-refractivity contribution in [3.05, 3.63) is 0 Å². The molecule has 0 unspecified atom stereocenters. The Balaban J connectivity index is -0.000000333. The Morgan fingerprint density at radius 3 is 0.852 bits per heavy atom. The molecule has 14 nitrogen and oxygen atoms in total. The van der Waals surface area contributed by atoms with E-state index in [-0.39, 0.29) is 72.2 Å². The van der Waals surface area contributed by atoms with Gasteiger partial charge in [0.1, 0.15) is 0 Å². The van der Waals surface area contributed by atoms with E-state index in [1.54, 1.807) is 0 Å². The molecule has 0 bridgehead atoms. The van der Waals surface area contributed by atoms with Crippen LogP contribution in [-0.4, -0.2) is 170 Å². The number of hydrogen-bond acceptors (Lipinski definition) is 8. The minimum absolute atomic E-state index is 0. The second-order valence-electron chi connectivity index (χ2n) is 4.44. The van der Waals surface area contributed by atoms with Crippen LogP contribution in [0.4, 0.5) is 0 Å². The normalized spacial score (nSPS) is 10.1. The van der Waals surface area contributed by atoms with E-state index in [0.717, 1.165) is 9.80 Å². The second kappa shape index (κ2) is 17.7. The summed E-state index contributed by atoms with van der Waals surface area (Å²) in [4.78, 5) is 44.4. The average molecular weight is 438 g/mol. The Hall–Kier alpha value is -0.330. The van der Waals surface area contributed by atoms with E-state index in [9.17, 15) is 19.2 Å². The van der Waals surface area contributed by atoms with Crippen molar-refractivity contribution in [3.8, 4) is 0 Å². The van der Waals surface area contributed by atoms with Crippen molar-refractivity contribution in [2.75, 3.05) is 39.3 Å². The van der Waals surface area contributed by atoms with Gasteiger partial charge in [0.05, 0.1) is 26.2 Å². The zero-order chi connectivity index (χ0) is 20.2.